The molecule has 1 heterocycles. The van der Waals surface area contributed by atoms with E-state index in [0.717, 1.165) is 23.4 Å². The van der Waals surface area contributed by atoms with E-state index in [-0.39, 0.29) is 23.8 Å². The highest BCUT2D eigenvalue weighted by Gasteiger charge is 2.25. The van der Waals surface area contributed by atoms with Crippen molar-refractivity contribution in [1.29, 1.82) is 0 Å². The summed E-state index contributed by atoms with van der Waals surface area (Å²) in [5, 5.41) is 7.94. The Hall–Kier alpha value is -2.63. The molecule has 1 aromatic carbocycles. The quantitative estimate of drug-likeness (QED) is 0.466. The molecular formula is C29H44N4O2. The number of nitrogens with zero attached hydrogens (tertiary/aromatic N) is 3. The molecule has 6 nitrogen and oxygen atoms in total. The van der Waals surface area contributed by atoms with Gasteiger partial charge in [0.2, 0.25) is 11.8 Å². The third-order valence-corrected chi connectivity index (χ3v) is 7.06. The smallest absolute Gasteiger partial charge is 0.245 e. The van der Waals surface area contributed by atoms with E-state index in [2.05, 4.69) is 59.8 Å². The molecule has 1 aliphatic rings. The Morgan fingerprint density at radius 1 is 1.17 bits per heavy atom. The molecule has 3 rings (SSSR count). The molecule has 0 bridgehead atoms. The minimum Gasteiger partial charge on any atom is -0.333 e. The van der Waals surface area contributed by atoms with Crippen LogP contribution in [-0.2, 0) is 15.0 Å². The molecule has 2 amide bonds. The topological polar surface area (TPSA) is 67.2 Å². The zero-order valence-electron chi connectivity index (χ0n) is 22.8. The number of hydrogen-bond acceptors (Lipinski definition) is 3. The van der Waals surface area contributed by atoms with Crippen LogP contribution in [0.5, 0.6) is 0 Å². The highest BCUT2D eigenvalue weighted by Crippen LogP contribution is 2.30. The Kier molecular flexibility index (Phi) is 8.79. The van der Waals surface area contributed by atoms with Gasteiger partial charge in [-0.3, -0.25) is 9.59 Å². The van der Waals surface area contributed by atoms with Crippen LogP contribution in [0.25, 0.3) is 5.69 Å². The number of carbonyl (C=O) groups is 2. The minimum atomic E-state index is -0.188. The first kappa shape index (κ1) is 27.0. The van der Waals surface area contributed by atoms with Gasteiger partial charge in [-0.05, 0) is 49.3 Å². The highest BCUT2D eigenvalue weighted by molar-refractivity contribution is 5.94. The van der Waals surface area contributed by atoms with E-state index in [9.17, 15) is 9.59 Å². The molecule has 0 radical (unpaired) electrons. The standard InChI is InChI=1S/C29H44N4O2/c1-20(2)18-32(28(35)16-15-23-12-8-9-13-23)19-27(34)30-26-17-25(29(5,6)7)31-33(26)24-14-10-11-21(3)22(24)4/h10-11,14,17,20,23H,8-9,12-13,15-16,18-19H2,1-7H3,(H,30,34). The summed E-state index contributed by atoms with van der Waals surface area (Å²) < 4.78 is 1.83. The van der Waals surface area contributed by atoms with Crippen molar-refractivity contribution < 1.29 is 9.59 Å². The lowest BCUT2D eigenvalue weighted by atomic mass is 9.92. The number of aryl methyl sites for hydroxylation is 1. The average Bonchev–Trinajstić information content (AvgIpc) is 3.43. The van der Waals surface area contributed by atoms with Crippen molar-refractivity contribution in [2.45, 2.75) is 92.4 Å². The first-order valence-electron chi connectivity index (χ1n) is 13.2. The average molecular weight is 481 g/mol. The van der Waals surface area contributed by atoms with E-state index in [1.807, 2.05) is 22.9 Å². The lowest BCUT2D eigenvalue weighted by Gasteiger charge is -2.25. The van der Waals surface area contributed by atoms with E-state index < -0.39 is 0 Å². The minimum absolute atomic E-state index is 0.0600. The van der Waals surface area contributed by atoms with Crippen molar-refractivity contribution in [3.8, 4) is 5.69 Å². The Morgan fingerprint density at radius 2 is 1.86 bits per heavy atom. The molecule has 0 saturated heterocycles. The van der Waals surface area contributed by atoms with E-state index in [1.165, 1.54) is 31.2 Å². The first-order valence-corrected chi connectivity index (χ1v) is 13.2. The van der Waals surface area contributed by atoms with E-state index >= 15 is 0 Å². The maximum absolute atomic E-state index is 13.2. The third kappa shape index (κ3) is 7.18. The zero-order valence-corrected chi connectivity index (χ0v) is 22.8. The van der Waals surface area contributed by atoms with Crippen molar-refractivity contribution in [1.82, 2.24) is 14.7 Å². The highest BCUT2D eigenvalue weighted by atomic mass is 16.2. The van der Waals surface area contributed by atoms with Crippen molar-refractivity contribution in [3.63, 3.8) is 0 Å². The fraction of sp³-hybridized carbons (Fsp3) is 0.621. The van der Waals surface area contributed by atoms with Crippen LogP contribution in [0.4, 0.5) is 5.82 Å². The van der Waals surface area contributed by atoms with Gasteiger partial charge in [-0.15, -0.1) is 0 Å². The first-order chi connectivity index (χ1) is 16.5. The molecule has 1 fully saturated rings. The second-order valence-electron chi connectivity index (χ2n) is 11.7. The summed E-state index contributed by atoms with van der Waals surface area (Å²) in [6.45, 7) is 15.3. The SMILES string of the molecule is Cc1cccc(-n2nc(C(C)(C)C)cc2NC(=O)CN(CC(C)C)C(=O)CCC2CCCC2)c1C. The predicted molar refractivity (Wildman–Crippen MR) is 143 cm³/mol. The number of anilines is 1. The van der Waals surface area contributed by atoms with Crippen LogP contribution >= 0.6 is 0 Å². The summed E-state index contributed by atoms with van der Waals surface area (Å²) in [7, 11) is 0. The molecule has 0 spiro atoms. The molecule has 2 aromatic rings. The normalized spacial score (nSPS) is 14.5. The number of hydrogen-bond donors (Lipinski definition) is 1. The number of rotatable bonds is 9. The van der Waals surface area contributed by atoms with Crippen molar-refractivity contribution >= 4 is 17.6 Å². The number of carbonyl (C=O) groups excluding carboxylic acids is 2. The fourth-order valence-corrected chi connectivity index (χ4v) is 4.82. The second-order valence-corrected chi connectivity index (χ2v) is 11.7. The molecule has 6 heteroatoms. The van der Waals surface area contributed by atoms with Crippen molar-refractivity contribution in [2.75, 3.05) is 18.4 Å². The van der Waals surface area contributed by atoms with Gasteiger partial charge in [0.05, 0.1) is 17.9 Å². The van der Waals surface area contributed by atoms with E-state index in [0.29, 0.717) is 30.6 Å². The molecule has 192 valence electrons. The third-order valence-electron chi connectivity index (χ3n) is 7.06. The molecular weight excluding hydrogens is 436 g/mol. The summed E-state index contributed by atoms with van der Waals surface area (Å²) in [4.78, 5) is 28.0. The van der Waals surface area contributed by atoms with Gasteiger partial charge >= 0.3 is 0 Å². The van der Waals surface area contributed by atoms with Gasteiger partial charge in [-0.2, -0.15) is 5.10 Å². The molecule has 0 unspecified atom stereocenters. The largest absolute Gasteiger partial charge is 0.333 e. The van der Waals surface area contributed by atoms with Crippen LogP contribution in [0.15, 0.2) is 24.3 Å². The van der Waals surface area contributed by atoms with Gasteiger partial charge in [0.25, 0.3) is 0 Å². The van der Waals surface area contributed by atoms with Crippen LogP contribution in [-0.4, -0.2) is 39.6 Å². The summed E-state index contributed by atoms with van der Waals surface area (Å²) in [6, 6.07) is 8.06. The summed E-state index contributed by atoms with van der Waals surface area (Å²) in [5.41, 5.74) is 3.98. The molecule has 1 N–H and O–H groups in total. The maximum Gasteiger partial charge on any atom is 0.245 e. The van der Waals surface area contributed by atoms with Gasteiger partial charge in [-0.25, -0.2) is 4.68 Å². The van der Waals surface area contributed by atoms with Crippen molar-refractivity contribution in [3.05, 3.63) is 41.1 Å². The van der Waals surface area contributed by atoms with Crippen molar-refractivity contribution in [2.24, 2.45) is 11.8 Å². The van der Waals surface area contributed by atoms with E-state index in [1.54, 1.807) is 4.90 Å². The van der Waals surface area contributed by atoms with Gasteiger partial charge < -0.3 is 10.2 Å². The Labute approximate surface area is 211 Å². The fourth-order valence-electron chi connectivity index (χ4n) is 4.82. The lowest BCUT2D eigenvalue weighted by molar-refractivity contribution is -0.135. The van der Waals surface area contributed by atoms with Gasteiger partial charge in [0, 0.05) is 24.4 Å². The zero-order chi connectivity index (χ0) is 25.8. The van der Waals surface area contributed by atoms with Crippen LogP contribution in [0.1, 0.15) is 90.0 Å². The Morgan fingerprint density at radius 3 is 2.49 bits per heavy atom. The van der Waals surface area contributed by atoms with Gasteiger partial charge in [0.15, 0.2) is 0 Å². The van der Waals surface area contributed by atoms with Crippen LogP contribution in [0.3, 0.4) is 0 Å². The predicted octanol–water partition coefficient (Wildman–Crippen LogP) is 6.18. The van der Waals surface area contributed by atoms with Gasteiger partial charge in [-0.1, -0.05) is 72.4 Å². The number of amides is 2. The summed E-state index contributed by atoms with van der Waals surface area (Å²) in [6.07, 6.45) is 6.48. The Balaban J connectivity index is 1.79. The molecule has 1 aromatic heterocycles. The second kappa shape index (κ2) is 11.4. The van der Waals surface area contributed by atoms with Crippen LogP contribution in [0.2, 0.25) is 0 Å². The van der Waals surface area contributed by atoms with E-state index in [4.69, 9.17) is 5.10 Å². The summed E-state index contributed by atoms with van der Waals surface area (Å²) in [5.74, 6) is 1.49. The molecule has 1 aliphatic carbocycles. The van der Waals surface area contributed by atoms with Crippen LogP contribution in [0, 0.1) is 25.7 Å². The lowest BCUT2D eigenvalue weighted by Crippen LogP contribution is -2.40. The number of aromatic nitrogens is 2. The summed E-state index contributed by atoms with van der Waals surface area (Å²) >= 11 is 0. The number of benzene rings is 1. The Bertz CT molecular complexity index is 1030. The molecule has 35 heavy (non-hydrogen) atoms. The molecule has 0 atom stereocenters. The van der Waals surface area contributed by atoms with Gasteiger partial charge in [0.1, 0.15) is 5.82 Å². The molecule has 1 saturated carbocycles. The number of nitrogens with one attached hydrogen (secondary N) is 1. The molecule has 0 aliphatic heterocycles. The monoisotopic (exact) mass is 480 g/mol. The maximum atomic E-state index is 13.2. The van der Waals surface area contributed by atoms with Crippen LogP contribution < -0.4 is 5.32 Å².